The molecule has 7 heteroatoms. The molecule has 0 aliphatic rings. The molecule has 0 fully saturated rings. The highest BCUT2D eigenvalue weighted by molar-refractivity contribution is 14.1. The number of aryl methyl sites for hydroxylation is 1. The van der Waals surface area contributed by atoms with Gasteiger partial charge in [-0.2, -0.15) is 5.26 Å². The number of nitrogens with one attached hydrogen (secondary N) is 2. The van der Waals surface area contributed by atoms with E-state index in [2.05, 4.69) is 43.2 Å². The standard InChI is InChI=1S/C14H15IN6/c15-12-2-4-13(5-3-12)20-14(19-10-16)18-6-1-8-21-9-7-17-11-21/h2-5,7,9,11H,1,6,8H2,(H2,18,19,20). The number of guanidine groups is 1. The van der Waals surface area contributed by atoms with Crippen molar-refractivity contribution in [3.05, 3.63) is 46.6 Å². The second kappa shape index (κ2) is 8.26. The molecule has 1 aromatic heterocycles. The highest BCUT2D eigenvalue weighted by Gasteiger charge is 1.99. The first-order chi connectivity index (χ1) is 10.3. The number of anilines is 1. The fourth-order valence-corrected chi connectivity index (χ4v) is 2.06. The molecule has 1 aromatic carbocycles. The van der Waals surface area contributed by atoms with Crippen LogP contribution in [-0.4, -0.2) is 22.1 Å². The second-order valence-electron chi connectivity index (χ2n) is 4.25. The Balaban J connectivity index is 1.86. The summed E-state index contributed by atoms with van der Waals surface area (Å²) in [5, 5.41) is 14.4. The van der Waals surface area contributed by atoms with Gasteiger partial charge in [0.25, 0.3) is 0 Å². The first-order valence-corrected chi connectivity index (χ1v) is 7.53. The van der Waals surface area contributed by atoms with E-state index in [0.29, 0.717) is 12.5 Å². The molecule has 0 bridgehead atoms. The van der Waals surface area contributed by atoms with Crippen molar-refractivity contribution in [2.45, 2.75) is 13.0 Å². The van der Waals surface area contributed by atoms with E-state index in [-0.39, 0.29) is 0 Å². The van der Waals surface area contributed by atoms with Crippen LogP contribution in [0.1, 0.15) is 6.42 Å². The third kappa shape index (κ3) is 5.43. The maximum atomic E-state index is 8.77. The van der Waals surface area contributed by atoms with E-state index in [9.17, 15) is 0 Å². The first kappa shape index (κ1) is 15.3. The zero-order chi connectivity index (χ0) is 14.9. The van der Waals surface area contributed by atoms with E-state index in [4.69, 9.17) is 5.26 Å². The predicted molar refractivity (Wildman–Crippen MR) is 90.7 cm³/mol. The summed E-state index contributed by atoms with van der Waals surface area (Å²) < 4.78 is 3.16. The quantitative estimate of drug-likeness (QED) is 0.204. The first-order valence-electron chi connectivity index (χ1n) is 6.46. The van der Waals surface area contributed by atoms with Crippen LogP contribution in [0.25, 0.3) is 0 Å². The van der Waals surface area contributed by atoms with E-state index in [1.54, 1.807) is 12.5 Å². The molecule has 0 spiro atoms. The van der Waals surface area contributed by atoms with Gasteiger partial charge in [0, 0.05) is 34.7 Å². The summed E-state index contributed by atoms with van der Waals surface area (Å²) in [5.41, 5.74) is 0.895. The van der Waals surface area contributed by atoms with Gasteiger partial charge in [0.1, 0.15) is 0 Å². The van der Waals surface area contributed by atoms with Crippen LogP contribution in [0.3, 0.4) is 0 Å². The highest BCUT2D eigenvalue weighted by Crippen LogP contribution is 2.10. The minimum Gasteiger partial charge on any atom is -0.337 e. The van der Waals surface area contributed by atoms with Crippen LogP contribution in [-0.2, 0) is 6.54 Å². The molecule has 0 unspecified atom stereocenters. The van der Waals surface area contributed by atoms with Gasteiger partial charge >= 0.3 is 0 Å². The van der Waals surface area contributed by atoms with Gasteiger partial charge in [-0.05, 0) is 53.3 Å². The molecule has 0 atom stereocenters. The Morgan fingerprint density at radius 3 is 2.86 bits per heavy atom. The largest absolute Gasteiger partial charge is 0.337 e. The molecular weight excluding hydrogens is 379 g/mol. The van der Waals surface area contributed by atoms with Crippen molar-refractivity contribution in [2.75, 3.05) is 11.9 Å². The number of hydrogen-bond acceptors (Lipinski definition) is 3. The minimum absolute atomic E-state index is 0.462. The van der Waals surface area contributed by atoms with E-state index >= 15 is 0 Å². The number of rotatable bonds is 5. The van der Waals surface area contributed by atoms with Gasteiger partial charge in [0.2, 0.25) is 5.96 Å². The number of aromatic nitrogens is 2. The predicted octanol–water partition coefficient (Wildman–Crippen LogP) is 2.42. The van der Waals surface area contributed by atoms with E-state index in [1.807, 2.05) is 41.2 Å². The Labute approximate surface area is 137 Å². The molecule has 2 N–H and O–H groups in total. The van der Waals surface area contributed by atoms with Crippen molar-refractivity contribution in [3.8, 4) is 6.19 Å². The van der Waals surface area contributed by atoms with Crippen molar-refractivity contribution in [3.63, 3.8) is 0 Å². The van der Waals surface area contributed by atoms with Crippen LogP contribution in [0.5, 0.6) is 0 Å². The second-order valence-corrected chi connectivity index (χ2v) is 5.50. The summed E-state index contributed by atoms with van der Waals surface area (Å²) in [7, 11) is 0. The van der Waals surface area contributed by atoms with Crippen LogP contribution < -0.4 is 10.6 Å². The van der Waals surface area contributed by atoms with Gasteiger partial charge < -0.3 is 9.88 Å². The van der Waals surface area contributed by atoms with Gasteiger partial charge in [-0.25, -0.2) is 4.98 Å². The zero-order valence-electron chi connectivity index (χ0n) is 11.3. The summed E-state index contributed by atoms with van der Waals surface area (Å²) in [4.78, 5) is 8.35. The zero-order valence-corrected chi connectivity index (χ0v) is 13.5. The lowest BCUT2D eigenvalue weighted by Crippen LogP contribution is -2.27. The molecule has 1 heterocycles. The molecule has 0 saturated heterocycles. The normalized spacial score (nSPS) is 11.0. The Bertz CT molecular complexity index is 612. The van der Waals surface area contributed by atoms with E-state index in [1.165, 1.54) is 0 Å². The number of nitrogens with zero attached hydrogens (tertiary/aromatic N) is 4. The summed E-state index contributed by atoms with van der Waals surface area (Å²) in [6.45, 7) is 1.48. The number of aliphatic imine (C=N–C) groups is 1. The molecule has 6 nitrogen and oxygen atoms in total. The number of halogens is 1. The van der Waals surface area contributed by atoms with Crippen molar-refractivity contribution >= 4 is 34.2 Å². The summed E-state index contributed by atoms with van der Waals surface area (Å²) >= 11 is 2.25. The van der Waals surface area contributed by atoms with Gasteiger partial charge in [0.15, 0.2) is 6.19 Å². The van der Waals surface area contributed by atoms with E-state index < -0.39 is 0 Å². The molecule has 108 valence electrons. The summed E-state index contributed by atoms with van der Waals surface area (Å²) in [6, 6.07) is 7.88. The number of nitriles is 1. The molecule has 2 aromatic rings. The topological polar surface area (TPSA) is 78.0 Å². The van der Waals surface area contributed by atoms with Gasteiger partial charge in [-0.1, -0.05) is 0 Å². The average molecular weight is 394 g/mol. The maximum absolute atomic E-state index is 8.77. The monoisotopic (exact) mass is 394 g/mol. The lowest BCUT2D eigenvalue weighted by molar-refractivity contribution is 0.650. The van der Waals surface area contributed by atoms with Crippen molar-refractivity contribution in [2.24, 2.45) is 4.99 Å². The third-order valence-electron chi connectivity index (χ3n) is 2.68. The molecular formula is C14H15IN6. The molecule has 0 aliphatic carbocycles. The SMILES string of the molecule is N#CNC(=NCCCn1ccnc1)Nc1ccc(I)cc1. The number of imidazole rings is 1. The van der Waals surface area contributed by atoms with Crippen LogP contribution >= 0.6 is 22.6 Å². The molecule has 0 radical (unpaired) electrons. The van der Waals surface area contributed by atoms with Crippen molar-refractivity contribution in [1.82, 2.24) is 14.9 Å². The molecule has 0 amide bonds. The lowest BCUT2D eigenvalue weighted by atomic mass is 10.3. The van der Waals surface area contributed by atoms with Crippen molar-refractivity contribution in [1.29, 1.82) is 5.26 Å². The average Bonchev–Trinajstić information content (AvgIpc) is 2.99. The van der Waals surface area contributed by atoms with Gasteiger partial charge in [-0.15, -0.1) is 0 Å². The lowest BCUT2D eigenvalue weighted by Gasteiger charge is -2.08. The smallest absolute Gasteiger partial charge is 0.209 e. The van der Waals surface area contributed by atoms with Crippen LogP contribution in [0, 0.1) is 15.0 Å². The summed E-state index contributed by atoms with van der Waals surface area (Å²) in [5.74, 6) is 0.462. The third-order valence-corrected chi connectivity index (χ3v) is 3.40. The van der Waals surface area contributed by atoms with Crippen LogP contribution in [0.2, 0.25) is 0 Å². The Morgan fingerprint density at radius 2 is 2.19 bits per heavy atom. The molecule has 0 saturated carbocycles. The molecule has 0 aliphatic heterocycles. The fraction of sp³-hybridized carbons (Fsp3) is 0.214. The fourth-order valence-electron chi connectivity index (χ4n) is 1.70. The van der Waals surface area contributed by atoms with Crippen molar-refractivity contribution < 1.29 is 0 Å². The van der Waals surface area contributed by atoms with Gasteiger partial charge in [-0.3, -0.25) is 10.3 Å². The minimum atomic E-state index is 0.462. The number of benzene rings is 1. The molecule has 2 rings (SSSR count). The maximum Gasteiger partial charge on any atom is 0.209 e. The van der Waals surface area contributed by atoms with Gasteiger partial charge in [0.05, 0.1) is 6.33 Å². The Hall–Kier alpha value is -2.08. The highest BCUT2D eigenvalue weighted by atomic mass is 127. The van der Waals surface area contributed by atoms with E-state index in [0.717, 1.165) is 22.2 Å². The Morgan fingerprint density at radius 1 is 1.38 bits per heavy atom. The van der Waals surface area contributed by atoms with Crippen LogP contribution in [0.4, 0.5) is 5.69 Å². The van der Waals surface area contributed by atoms with Crippen LogP contribution in [0.15, 0.2) is 48.0 Å². The Kier molecular flexibility index (Phi) is 6.02. The number of hydrogen-bond donors (Lipinski definition) is 2. The summed E-state index contributed by atoms with van der Waals surface area (Å²) in [6.07, 6.45) is 8.22. The molecule has 21 heavy (non-hydrogen) atoms.